The maximum atomic E-state index is 12.8. The zero-order valence-electron chi connectivity index (χ0n) is 17.0. The van der Waals surface area contributed by atoms with Gasteiger partial charge in [0.25, 0.3) is 0 Å². The summed E-state index contributed by atoms with van der Waals surface area (Å²) in [7, 11) is 3.29. The molecule has 1 amide bonds. The summed E-state index contributed by atoms with van der Waals surface area (Å²) in [4.78, 5) is 17.9. The smallest absolute Gasteiger partial charge is 0.406 e. The van der Waals surface area contributed by atoms with Gasteiger partial charge in [-0.2, -0.15) is 13.2 Å². The van der Waals surface area contributed by atoms with Crippen LogP contribution in [0.2, 0.25) is 0 Å². The van der Waals surface area contributed by atoms with E-state index in [0.717, 1.165) is 33.5 Å². The van der Waals surface area contributed by atoms with E-state index in [4.69, 9.17) is 4.74 Å². The average Bonchev–Trinajstić information content (AvgIpc) is 2.93. The lowest BCUT2D eigenvalue weighted by atomic mass is 10.00. The lowest BCUT2D eigenvalue weighted by Crippen LogP contribution is -2.39. The molecule has 0 bridgehead atoms. The van der Waals surface area contributed by atoms with Crippen LogP contribution in [0.25, 0.3) is 11.0 Å². The molecule has 156 valence electrons. The Balaban J connectivity index is 2.24. The number of carbonyl (C=O) groups excluding carboxylic acids is 1. The fourth-order valence-corrected chi connectivity index (χ4v) is 3.35. The van der Waals surface area contributed by atoms with Gasteiger partial charge < -0.3 is 9.64 Å². The van der Waals surface area contributed by atoms with Gasteiger partial charge in [0, 0.05) is 25.7 Å². The van der Waals surface area contributed by atoms with Crippen LogP contribution >= 0.6 is 0 Å². The molecule has 2 aromatic rings. The second kappa shape index (κ2) is 8.79. The maximum absolute atomic E-state index is 12.8. The van der Waals surface area contributed by atoms with Crippen LogP contribution in [0.5, 0.6) is 5.88 Å². The van der Waals surface area contributed by atoms with Crippen molar-refractivity contribution in [3.8, 4) is 5.88 Å². The highest BCUT2D eigenvalue weighted by atomic mass is 19.4. The van der Waals surface area contributed by atoms with Gasteiger partial charge in [0.15, 0.2) is 5.65 Å². The number of halogens is 3. The van der Waals surface area contributed by atoms with Gasteiger partial charge in [-0.1, -0.05) is 13.3 Å². The van der Waals surface area contributed by atoms with E-state index in [2.05, 4.69) is 10.1 Å². The highest BCUT2D eigenvalue weighted by molar-refractivity contribution is 5.86. The Kier molecular flexibility index (Phi) is 6.90. The Morgan fingerprint density at radius 1 is 1.29 bits per heavy atom. The van der Waals surface area contributed by atoms with Crippen molar-refractivity contribution in [3.63, 3.8) is 0 Å². The molecule has 2 heterocycles. The minimum atomic E-state index is -4.40. The zero-order valence-corrected chi connectivity index (χ0v) is 17.0. The minimum absolute atomic E-state index is 0.00274. The summed E-state index contributed by atoms with van der Waals surface area (Å²) in [5, 5.41) is 5.04. The molecule has 28 heavy (non-hydrogen) atoms. The standard InChI is InChI=1S/C19H27F3N4O2/c1-6-7-10-26(11-19(20,21)22)15(27)9-8-14-12(2)16-17(23-13(14)3)25(4)24-18(16)28-5/h6-11H2,1-5H3. The summed E-state index contributed by atoms with van der Waals surface area (Å²) < 4.78 is 45.4. The van der Waals surface area contributed by atoms with E-state index < -0.39 is 18.6 Å². The Hall–Kier alpha value is -2.32. The number of fused-ring (bicyclic) bond motifs is 1. The number of alkyl halides is 3. The van der Waals surface area contributed by atoms with E-state index in [0.29, 0.717) is 24.4 Å². The molecular formula is C19H27F3N4O2. The van der Waals surface area contributed by atoms with Crippen molar-refractivity contribution in [2.75, 3.05) is 20.2 Å². The molecule has 0 radical (unpaired) electrons. The molecule has 0 saturated heterocycles. The Morgan fingerprint density at radius 2 is 1.96 bits per heavy atom. The number of aromatic nitrogens is 3. The lowest BCUT2D eigenvalue weighted by molar-refractivity contribution is -0.161. The van der Waals surface area contributed by atoms with E-state index >= 15 is 0 Å². The average molecular weight is 400 g/mol. The largest absolute Gasteiger partial charge is 0.479 e. The molecule has 0 fully saturated rings. The van der Waals surface area contributed by atoms with Crippen molar-refractivity contribution in [3.05, 3.63) is 16.8 Å². The highest BCUT2D eigenvalue weighted by Gasteiger charge is 2.32. The SMILES string of the molecule is CCCCN(CC(F)(F)F)C(=O)CCc1c(C)nc2c(c(OC)nn2C)c1C. The van der Waals surface area contributed by atoms with E-state index in [1.807, 2.05) is 20.8 Å². The van der Waals surface area contributed by atoms with Crippen LogP contribution in [0.15, 0.2) is 0 Å². The van der Waals surface area contributed by atoms with Crippen molar-refractivity contribution in [2.24, 2.45) is 7.05 Å². The van der Waals surface area contributed by atoms with Crippen molar-refractivity contribution >= 4 is 16.9 Å². The number of hydrogen-bond donors (Lipinski definition) is 0. The topological polar surface area (TPSA) is 60.3 Å². The number of carbonyl (C=O) groups is 1. The fraction of sp³-hybridized carbons (Fsp3) is 0.632. The predicted octanol–water partition coefficient (Wildman–Crippen LogP) is 3.72. The van der Waals surface area contributed by atoms with Crippen molar-refractivity contribution in [1.29, 1.82) is 0 Å². The lowest BCUT2D eigenvalue weighted by Gasteiger charge is -2.24. The number of ether oxygens (including phenoxy) is 1. The highest BCUT2D eigenvalue weighted by Crippen LogP contribution is 2.30. The first-order valence-corrected chi connectivity index (χ1v) is 9.30. The number of unbranched alkanes of at least 4 members (excludes halogenated alkanes) is 1. The molecule has 2 aromatic heterocycles. The minimum Gasteiger partial charge on any atom is -0.479 e. The summed E-state index contributed by atoms with van der Waals surface area (Å²) in [6.45, 7) is 4.51. The molecule has 0 aromatic carbocycles. The van der Waals surface area contributed by atoms with Gasteiger partial charge in [0.1, 0.15) is 6.54 Å². The Morgan fingerprint density at radius 3 is 2.54 bits per heavy atom. The van der Waals surface area contributed by atoms with Crippen molar-refractivity contribution < 1.29 is 22.7 Å². The number of aryl methyl sites for hydroxylation is 3. The number of hydrogen-bond acceptors (Lipinski definition) is 4. The van der Waals surface area contributed by atoms with Crippen LogP contribution in [0.1, 0.15) is 43.0 Å². The van der Waals surface area contributed by atoms with Gasteiger partial charge in [0.05, 0.1) is 12.5 Å². The third-order valence-corrected chi connectivity index (χ3v) is 4.81. The third-order valence-electron chi connectivity index (χ3n) is 4.81. The van der Waals surface area contributed by atoms with Crippen LogP contribution in [0.4, 0.5) is 13.2 Å². The van der Waals surface area contributed by atoms with E-state index in [1.165, 1.54) is 7.11 Å². The van der Waals surface area contributed by atoms with Crippen LogP contribution in [-0.2, 0) is 18.3 Å². The molecule has 0 atom stereocenters. The molecular weight excluding hydrogens is 373 g/mol. The van der Waals surface area contributed by atoms with Crippen LogP contribution in [-0.4, -0.2) is 51.9 Å². The van der Waals surface area contributed by atoms with Crippen molar-refractivity contribution in [1.82, 2.24) is 19.7 Å². The van der Waals surface area contributed by atoms with Crippen molar-refractivity contribution in [2.45, 2.75) is 52.6 Å². The molecule has 0 aliphatic carbocycles. The predicted molar refractivity (Wildman–Crippen MR) is 100 cm³/mol. The second-order valence-electron chi connectivity index (χ2n) is 6.92. The van der Waals surface area contributed by atoms with Crippen LogP contribution in [0.3, 0.4) is 0 Å². The van der Waals surface area contributed by atoms with Gasteiger partial charge in [-0.15, -0.1) is 5.10 Å². The third kappa shape index (κ3) is 4.94. The summed E-state index contributed by atoms with van der Waals surface area (Å²) in [5.74, 6) is -0.0560. The number of amides is 1. The zero-order chi connectivity index (χ0) is 21.1. The quantitative estimate of drug-likeness (QED) is 0.678. The van der Waals surface area contributed by atoms with Gasteiger partial charge in [-0.3, -0.25) is 4.79 Å². The first kappa shape index (κ1) is 22.0. The molecule has 0 saturated carbocycles. The number of rotatable bonds is 8. The van der Waals surface area contributed by atoms with E-state index in [1.54, 1.807) is 11.7 Å². The monoisotopic (exact) mass is 400 g/mol. The normalized spacial score (nSPS) is 11.9. The Bertz CT molecular complexity index is 846. The first-order valence-electron chi connectivity index (χ1n) is 9.30. The summed E-state index contributed by atoms with van der Waals surface area (Å²) in [6, 6.07) is 0. The maximum Gasteiger partial charge on any atom is 0.406 e. The second-order valence-corrected chi connectivity index (χ2v) is 6.92. The number of methoxy groups -OCH3 is 1. The van der Waals surface area contributed by atoms with Gasteiger partial charge >= 0.3 is 6.18 Å². The fourth-order valence-electron chi connectivity index (χ4n) is 3.35. The molecule has 2 rings (SSSR count). The molecule has 0 unspecified atom stereocenters. The molecule has 9 heteroatoms. The molecule has 0 aliphatic rings. The summed E-state index contributed by atoms with van der Waals surface area (Å²) >= 11 is 0. The van der Waals surface area contributed by atoms with Crippen LogP contribution in [0, 0.1) is 13.8 Å². The summed E-state index contributed by atoms with van der Waals surface area (Å²) in [5.41, 5.74) is 3.13. The number of pyridine rings is 1. The van der Waals surface area contributed by atoms with E-state index in [-0.39, 0.29) is 13.0 Å². The molecule has 0 aliphatic heterocycles. The molecule has 0 N–H and O–H groups in total. The van der Waals surface area contributed by atoms with Gasteiger partial charge in [-0.25, -0.2) is 9.67 Å². The first-order chi connectivity index (χ1) is 13.1. The van der Waals surface area contributed by atoms with Crippen LogP contribution < -0.4 is 4.74 Å². The van der Waals surface area contributed by atoms with E-state index in [9.17, 15) is 18.0 Å². The molecule has 0 spiro atoms. The number of nitrogens with zero attached hydrogens (tertiary/aromatic N) is 4. The molecule has 6 nitrogen and oxygen atoms in total. The Labute approximate surface area is 162 Å². The van der Waals surface area contributed by atoms with Gasteiger partial charge in [0.2, 0.25) is 11.8 Å². The van der Waals surface area contributed by atoms with Gasteiger partial charge in [-0.05, 0) is 37.8 Å². The summed E-state index contributed by atoms with van der Waals surface area (Å²) in [6.07, 6.45) is -2.82.